The van der Waals surface area contributed by atoms with Gasteiger partial charge in [-0.15, -0.1) is 17.0 Å². The van der Waals surface area contributed by atoms with E-state index in [4.69, 9.17) is 5.11 Å². The summed E-state index contributed by atoms with van der Waals surface area (Å²) in [6.45, 7) is 2.36. The molecule has 2 N–H and O–H groups in total. The molecule has 0 bridgehead atoms. The first-order valence-electron chi connectivity index (χ1n) is 3.76. The Morgan fingerprint density at radius 2 is 1.92 bits per heavy atom. The maximum atomic E-state index is 8.95. The first-order valence-corrected chi connectivity index (χ1v) is 3.76. The number of anilines is 1. The van der Waals surface area contributed by atoms with Gasteiger partial charge < -0.3 is 10.4 Å². The molecule has 0 spiro atoms. The number of aliphatic hydroxyl groups excluding tert-OH is 1. The fourth-order valence-corrected chi connectivity index (χ4v) is 0.822. The highest BCUT2D eigenvalue weighted by molar-refractivity contribution is 8.93. The van der Waals surface area contributed by atoms with Crippen molar-refractivity contribution in [3.63, 3.8) is 0 Å². The number of aliphatic hydroxyl groups is 1. The molecular weight excluding hydrogens is 218 g/mol. The van der Waals surface area contributed by atoms with Crippen LogP contribution in [-0.4, -0.2) is 17.8 Å². The number of halogens is 1. The van der Waals surface area contributed by atoms with Gasteiger partial charge in [0, 0.05) is 12.2 Å². The molecule has 1 aromatic rings. The van der Waals surface area contributed by atoms with Gasteiger partial charge in [-0.1, -0.05) is 18.2 Å². The molecule has 3 heteroatoms. The molecular formula is C9H14BrNO. The van der Waals surface area contributed by atoms with E-state index >= 15 is 0 Å². The predicted octanol–water partition coefficient (Wildman–Crippen LogP) is 2.06. The fourth-order valence-electron chi connectivity index (χ4n) is 0.822. The second kappa shape index (κ2) is 6.03. The zero-order valence-corrected chi connectivity index (χ0v) is 8.74. The summed E-state index contributed by atoms with van der Waals surface area (Å²) in [5.74, 6) is 0. The molecule has 68 valence electrons. The van der Waals surface area contributed by atoms with E-state index < -0.39 is 0 Å². The molecule has 0 amide bonds. The van der Waals surface area contributed by atoms with Gasteiger partial charge in [0.2, 0.25) is 0 Å². The van der Waals surface area contributed by atoms with Crippen LogP contribution in [0.1, 0.15) is 6.92 Å². The van der Waals surface area contributed by atoms with E-state index in [0.29, 0.717) is 6.54 Å². The second-order valence-electron chi connectivity index (χ2n) is 2.60. The van der Waals surface area contributed by atoms with Crippen molar-refractivity contribution >= 4 is 22.7 Å². The molecule has 1 atom stereocenters. The molecule has 0 aliphatic heterocycles. The summed E-state index contributed by atoms with van der Waals surface area (Å²) < 4.78 is 0. The normalized spacial score (nSPS) is 11.5. The number of hydrogen-bond donors (Lipinski definition) is 2. The van der Waals surface area contributed by atoms with Crippen LogP contribution in [0.15, 0.2) is 30.3 Å². The van der Waals surface area contributed by atoms with Crippen LogP contribution in [0.2, 0.25) is 0 Å². The van der Waals surface area contributed by atoms with E-state index in [0.717, 1.165) is 5.69 Å². The summed E-state index contributed by atoms with van der Waals surface area (Å²) in [5.41, 5.74) is 1.05. The minimum Gasteiger partial charge on any atom is -0.392 e. The lowest BCUT2D eigenvalue weighted by atomic mass is 10.3. The molecule has 0 radical (unpaired) electrons. The molecule has 0 heterocycles. The van der Waals surface area contributed by atoms with Crippen molar-refractivity contribution in [2.75, 3.05) is 11.9 Å². The van der Waals surface area contributed by atoms with E-state index in [2.05, 4.69) is 5.32 Å². The van der Waals surface area contributed by atoms with Crippen LogP contribution in [0.5, 0.6) is 0 Å². The summed E-state index contributed by atoms with van der Waals surface area (Å²) in [4.78, 5) is 0. The fraction of sp³-hybridized carbons (Fsp3) is 0.333. The lowest BCUT2D eigenvalue weighted by molar-refractivity contribution is 0.208. The first kappa shape index (κ1) is 11.5. The van der Waals surface area contributed by atoms with Gasteiger partial charge in [-0.2, -0.15) is 0 Å². The Kier molecular flexibility index (Phi) is 5.76. The number of benzene rings is 1. The number of hydrogen-bond acceptors (Lipinski definition) is 2. The molecule has 1 aromatic carbocycles. The van der Waals surface area contributed by atoms with Crippen molar-refractivity contribution in [1.82, 2.24) is 0 Å². The lowest BCUT2D eigenvalue weighted by Crippen LogP contribution is -2.14. The van der Waals surface area contributed by atoms with Gasteiger partial charge in [0.05, 0.1) is 6.10 Å². The van der Waals surface area contributed by atoms with E-state index in [-0.39, 0.29) is 23.1 Å². The molecule has 0 fully saturated rings. The molecule has 0 saturated carbocycles. The Hall–Kier alpha value is -0.540. The summed E-state index contributed by atoms with van der Waals surface area (Å²) in [6, 6.07) is 9.84. The molecule has 2 nitrogen and oxygen atoms in total. The molecule has 0 aromatic heterocycles. The van der Waals surface area contributed by atoms with Crippen LogP contribution in [-0.2, 0) is 0 Å². The maximum absolute atomic E-state index is 8.95. The minimum atomic E-state index is -0.296. The van der Waals surface area contributed by atoms with Gasteiger partial charge in [0.15, 0.2) is 0 Å². The summed E-state index contributed by atoms with van der Waals surface area (Å²) in [5, 5.41) is 12.0. The van der Waals surface area contributed by atoms with Crippen LogP contribution in [0.3, 0.4) is 0 Å². The molecule has 0 aliphatic carbocycles. The highest BCUT2D eigenvalue weighted by Crippen LogP contribution is 2.03. The van der Waals surface area contributed by atoms with Gasteiger partial charge >= 0.3 is 0 Å². The largest absolute Gasteiger partial charge is 0.392 e. The zero-order valence-electron chi connectivity index (χ0n) is 7.03. The average molecular weight is 232 g/mol. The Morgan fingerprint density at radius 1 is 1.33 bits per heavy atom. The van der Waals surface area contributed by atoms with Gasteiger partial charge in [0.25, 0.3) is 0 Å². The van der Waals surface area contributed by atoms with Crippen molar-refractivity contribution in [3.8, 4) is 0 Å². The molecule has 12 heavy (non-hydrogen) atoms. The van der Waals surface area contributed by atoms with Gasteiger partial charge in [-0.3, -0.25) is 0 Å². The summed E-state index contributed by atoms with van der Waals surface area (Å²) >= 11 is 0. The monoisotopic (exact) mass is 231 g/mol. The minimum absolute atomic E-state index is 0. The Morgan fingerprint density at radius 3 is 2.42 bits per heavy atom. The summed E-state index contributed by atoms with van der Waals surface area (Å²) in [6.07, 6.45) is -0.296. The zero-order chi connectivity index (χ0) is 8.10. The standard InChI is InChI=1S/C9H13NO.BrH/c1-8(11)7-10-9-5-3-2-4-6-9;/h2-6,8,10-11H,7H2,1H3;1H. The van der Waals surface area contributed by atoms with Crippen LogP contribution < -0.4 is 5.32 Å². The van der Waals surface area contributed by atoms with E-state index in [1.807, 2.05) is 30.3 Å². The van der Waals surface area contributed by atoms with Crippen molar-refractivity contribution in [2.24, 2.45) is 0 Å². The lowest BCUT2D eigenvalue weighted by Gasteiger charge is -2.07. The smallest absolute Gasteiger partial charge is 0.0684 e. The SMILES string of the molecule is Br.CC(O)CNc1ccccc1. The number of rotatable bonds is 3. The summed E-state index contributed by atoms with van der Waals surface area (Å²) in [7, 11) is 0. The number of nitrogens with one attached hydrogen (secondary N) is 1. The van der Waals surface area contributed by atoms with Crippen molar-refractivity contribution in [1.29, 1.82) is 0 Å². The van der Waals surface area contributed by atoms with Gasteiger partial charge in [-0.05, 0) is 19.1 Å². The Bertz CT molecular complexity index is 201. The Labute approximate surface area is 83.4 Å². The third-order valence-corrected chi connectivity index (χ3v) is 1.38. The van der Waals surface area contributed by atoms with E-state index in [9.17, 15) is 0 Å². The second-order valence-corrected chi connectivity index (χ2v) is 2.60. The van der Waals surface area contributed by atoms with Crippen molar-refractivity contribution in [2.45, 2.75) is 13.0 Å². The predicted molar refractivity (Wildman–Crippen MR) is 56.9 cm³/mol. The number of para-hydroxylation sites is 1. The van der Waals surface area contributed by atoms with E-state index in [1.54, 1.807) is 6.92 Å². The highest BCUT2D eigenvalue weighted by atomic mass is 79.9. The quantitative estimate of drug-likeness (QED) is 0.835. The van der Waals surface area contributed by atoms with Crippen molar-refractivity contribution < 1.29 is 5.11 Å². The Balaban J connectivity index is 0.00000121. The van der Waals surface area contributed by atoms with Crippen LogP contribution in [0.25, 0.3) is 0 Å². The topological polar surface area (TPSA) is 32.3 Å². The van der Waals surface area contributed by atoms with Crippen LogP contribution in [0.4, 0.5) is 5.69 Å². The average Bonchev–Trinajstić information content (AvgIpc) is 2.03. The molecule has 0 saturated heterocycles. The van der Waals surface area contributed by atoms with Crippen LogP contribution >= 0.6 is 17.0 Å². The molecule has 1 rings (SSSR count). The maximum Gasteiger partial charge on any atom is 0.0684 e. The van der Waals surface area contributed by atoms with Gasteiger partial charge in [0.1, 0.15) is 0 Å². The molecule has 0 aliphatic rings. The van der Waals surface area contributed by atoms with Crippen molar-refractivity contribution in [3.05, 3.63) is 30.3 Å². The molecule has 1 unspecified atom stereocenters. The third kappa shape index (κ3) is 4.36. The van der Waals surface area contributed by atoms with E-state index in [1.165, 1.54) is 0 Å². The highest BCUT2D eigenvalue weighted by Gasteiger charge is 1.93. The third-order valence-electron chi connectivity index (χ3n) is 1.38. The van der Waals surface area contributed by atoms with Gasteiger partial charge in [-0.25, -0.2) is 0 Å². The first-order chi connectivity index (χ1) is 5.29. The van der Waals surface area contributed by atoms with Crippen LogP contribution in [0, 0.1) is 0 Å².